The SMILES string of the molecule is Cc1cc(N2CCN(C(=O)C3CC(=O)N(C(C)c4ccccc4)C3)CC2)ncn1. The van der Waals surface area contributed by atoms with Crippen molar-refractivity contribution in [2.24, 2.45) is 5.92 Å². The van der Waals surface area contributed by atoms with Gasteiger partial charge in [0.2, 0.25) is 11.8 Å². The Morgan fingerprint density at radius 3 is 2.52 bits per heavy atom. The quantitative estimate of drug-likeness (QED) is 0.795. The number of benzene rings is 1. The molecule has 2 aromatic rings. The van der Waals surface area contributed by atoms with Crippen LogP contribution in [0.25, 0.3) is 0 Å². The number of aromatic nitrogens is 2. The second-order valence-electron chi connectivity index (χ2n) is 7.86. The molecule has 0 radical (unpaired) electrons. The van der Waals surface area contributed by atoms with E-state index in [1.807, 2.05) is 60.0 Å². The van der Waals surface area contributed by atoms with Crippen molar-refractivity contribution in [2.75, 3.05) is 37.6 Å². The van der Waals surface area contributed by atoms with E-state index in [2.05, 4.69) is 14.9 Å². The van der Waals surface area contributed by atoms with Crippen LogP contribution in [0.1, 0.15) is 30.6 Å². The van der Waals surface area contributed by atoms with Crippen molar-refractivity contribution in [1.82, 2.24) is 19.8 Å². The number of carbonyl (C=O) groups is 2. The normalized spacial score (nSPS) is 20.8. The van der Waals surface area contributed by atoms with Gasteiger partial charge in [0.15, 0.2) is 0 Å². The fourth-order valence-electron chi connectivity index (χ4n) is 4.21. The minimum Gasteiger partial charge on any atom is -0.353 e. The molecule has 29 heavy (non-hydrogen) atoms. The Kier molecular flexibility index (Phi) is 5.47. The molecule has 2 unspecified atom stereocenters. The Morgan fingerprint density at radius 1 is 1.10 bits per heavy atom. The zero-order valence-electron chi connectivity index (χ0n) is 17.0. The first-order chi connectivity index (χ1) is 14.0. The zero-order chi connectivity index (χ0) is 20.4. The molecule has 0 spiro atoms. The van der Waals surface area contributed by atoms with E-state index >= 15 is 0 Å². The van der Waals surface area contributed by atoms with Crippen molar-refractivity contribution in [3.8, 4) is 0 Å². The molecular weight excluding hydrogens is 366 g/mol. The number of piperazine rings is 1. The number of hydrogen-bond acceptors (Lipinski definition) is 5. The van der Waals surface area contributed by atoms with Gasteiger partial charge in [-0.05, 0) is 19.4 Å². The van der Waals surface area contributed by atoms with E-state index in [1.54, 1.807) is 6.33 Å². The summed E-state index contributed by atoms with van der Waals surface area (Å²) >= 11 is 0. The van der Waals surface area contributed by atoms with Crippen LogP contribution in [-0.2, 0) is 9.59 Å². The van der Waals surface area contributed by atoms with E-state index in [0.29, 0.717) is 26.1 Å². The first-order valence-electron chi connectivity index (χ1n) is 10.2. The third-order valence-electron chi connectivity index (χ3n) is 5.96. The lowest BCUT2D eigenvalue weighted by Crippen LogP contribution is -2.51. The van der Waals surface area contributed by atoms with Crippen LogP contribution in [0.2, 0.25) is 0 Å². The highest BCUT2D eigenvalue weighted by Gasteiger charge is 2.39. The molecule has 7 nitrogen and oxygen atoms in total. The number of carbonyl (C=O) groups excluding carboxylic acids is 2. The highest BCUT2D eigenvalue weighted by atomic mass is 16.2. The maximum Gasteiger partial charge on any atom is 0.228 e. The van der Waals surface area contributed by atoms with Gasteiger partial charge in [-0.1, -0.05) is 30.3 Å². The van der Waals surface area contributed by atoms with Crippen LogP contribution in [0.5, 0.6) is 0 Å². The van der Waals surface area contributed by atoms with E-state index in [1.165, 1.54) is 0 Å². The molecule has 2 amide bonds. The molecule has 0 saturated carbocycles. The van der Waals surface area contributed by atoms with Gasteiger partial charge in [0.1, 0.15) is 12.1 Å². The Bertz CT molecular complexity index is 880. The lowest BCUT2D eigenvalue weighted by molar-refractivity contribution is -0.136. The minimum absolute atomic E-state index is 0.0145. The smallest absolute Gasteiger partial charge is 0.228 e. The van der Waals surface area contributed by atoms with Gasteiger partial charge in [-0.25, -0.2) is 9.97 Å². The summed E-state index contributed by atoms with van der Waals surface area (Å²) in [5.41, 5.74) is 2.04. The van der Waals surface area contributed by atoms with Crippen LogP contribution in [0.15, 0.2) is 42.7 Å². The Balaban J connectivity index is 1.35. The molecule has 2 saturated heterocycles. The molecule has 2 atom stereocenters. The van der Waals surface area contributed by atoms with Gasteiger partial charge in [-0.3, -0.25) is 9.59 Å². The third kappa shape index (κ3) is 4.09. The van der Waals surface area contributed by atoms with Crippen molar-refractivity contribution in [2.45, 2.75) is 26.3 Å². The number of nitrogens with zero attached hydrogens (tertiary/aromatic N) is 5. The molecule has 1 aromatic carbocycles. The molecule has 7 heteroatoms. The van der Waals surface area contributed by atoms with Crippen molar-refractivity contribution in [1.29, 1.82) is 0 Å². The first kappa shape index (κ1) is 19.4. The van der Waals surface area contributed by atoms with E-state index in [9.17, 15) is 9.59 Å². The first-order valence-corrected chi connectivity index (χ1v) is 10.2. The van der Waals surface area contributed by atoms with Crippen molar-refractivity contribution in [3.05, 3.63) is 54.0 Å². The second-order valence-corrected chi connectivity index (χ2v) is 7.86. The van der Waals surface area contributed by atoms with Gasteiger partial charge in [0.05, 0.1) is 12.0 Å². The van der Waals surface area contributed by atoms with Gasteiger partial charge in [-0.2, -0.15) is 0 Å². The molecule has 0 aliphatic carbocycles. The van der Waals surface area contributed by atoms with Crippen LogP contribution < -0.4 is 4.90 Å². The number of hydrogen-bond donors (Lipinski definition) is 0. The number of anilines is 1. The number of amides is 2. The zero-order valence-corrected chi connectivity index (χ0v) is 17.0. The van der Waals surface area contributed by atoms with Gasteiger partial charge in [0.25, 0.3) is 0 Å². The monoisotopic (exact) mass is 393 g/mol. The molecule has 0 bridgehead atoms. The largest absolute Gasteiger partial charge is 0.353 e. The van der Waals surface area contributed by atoms with Crippen molar-refractivity contribution in [3.63, 3.8) is 0 Å². The summed E-state index contributed by atoms with van der Waals surface area (Å²) in [5, 5.41) is 0. The fourth-order valence-corrected chi connectivity index (χ4v) is 4.21. The maximum atomic E-state index is 13.1. The topological polar surface area (TPSA) is 69.6 Å². The summed E-state index contributed by atoms with van der Waals surface area (Å²) < 4.78 is 0. The average molecular weight is 393 g/mol. The molecule has 2 aliphatic rings. The molecule has 0 N–H and O–H groups in total. The second kappa shape index (κ2) is 8.19. The van der Waals surface area contributed by atoms with Crippen molar-refractivity contribution < 1.29 is 9.59 Å². The van der Waals surface area contributed by atoms with E-state index < -0.39 is 0 Å². The molecule has 152 valence electrons. The summed E-state index contributed by atoms with van der Waals surface area (Å²) in [7, 11) is 0. The lowest BCUT2D eigenvalue weighted by Gasteiger charge is -2.36. The Labute approximate surface area is 171 Å². The molecular formula is C22H27N5O2. The van der Waals surface area contributed by atoms with Gasteiger partial charge in [0, 0.05) is 50.9 Å². The highest BCUT2D eigenvalue weighted by molar-refractivity contribution is 5.89. The van der Waals surface area contributed by atoms with Gasteiger partial charge >= 0.3 is 0 Å². The van der Waals surface area contributed by atoms with Gasteiger partial charge < -0.3 is 14.7 Å². The Hall–Kier alpha value is -2.96. The molecule has 4 rings (SSSR count). The molecule has 3 heterocycles. The molecule has 1 aromatic heterocycles. The summed E-state index contributed by atoms with van der Waals surface area (Å²) in [6.07, 6.45) is 1.89. The van der Waals surface area contributed by atoms with Crippen LogP contribution >= 0.6 is 0 Å². The minimum atomic E-state index is -0.249. The predicted molar refractivity (Wildman–Crippen MR) is 110 cm³/mol. The predicted octanol–water partition coefficient (Wildman–Crippen LogP) is 2.04. The summed E-state index contributed by atoms with van der Waals surface area (Å²) in [6.45, 7) is 7.27. The number of likely N-dealkylation sites (tertiary alicyclic amines) is 1. The number of rotatable bonds is 4. The Morgan fingerprint density at radius 2 is 1.83 bits per heavy atom. The summed E-state index contributed by atoms with van der Waals surface area (Å²) in [4.78, 5) is 40.0. The summed E-state index contributed by atoms with van der Waals surface area (Å²) in [6, 6.07) is 11.9. The standard InChI is InChI=1S/C22H27N5O2/c1-16-12-20(24-15-23-16)25-8-10-26(11-9-25)22(29)19-13-21(28)27(14-19)17(2)18-6-4-3-5-7-18/h3-7,12,15,17,19H,8-11,13-14H2,1-2H3. The van der Waals surface area contributed by atoms with Gasteiger partial charge in [-0.15, -0.1) is 0 Å². The van der Waals surface area contributed by atoms with E-state index in [-0.39, 0.29) is 23.8 Å². The van der Waals surface area contributed by atoms with Crippen LogP contribution in [0.3, 0.4) is 0 Å². The molecule has 2 aliphatic heterocycles. The van der Waals surface area contributed by atoms with E-state index in [4.69, 9.17) is 0 Å². The van der Waals surface area contributed by atoms with Crippen LogP contribution in [0.4, 0.5) is 5.82 Å². The third-order valence-corrected chi connectivity index (χ3v) is 5.96. The number of aryl methyl sites for hydroxylation is 1. The van der Waals surface area contributed by atoms with E-state index in [0.717, 1.165) is 30.2 Å². The fraction of sp³-hybridized carbons (Fsp3) is 0.455. The highest BCUT2D eigenvalue weighted by Crippen LogP contribution is 2.29. The van der Waals surface area contributed by atoms with Crippen molar-refractivity contribution >= 4 is 17.6 Å². The maximum absolute atomic E-state index is 13.1. The van der Waals surface area contributed by atoms with Crippen LogP contribution in [0, 0.1) is 12.8 Å². The average Bonchev–Trinajstić information content (AvgIpc) is 3.15. The molecule has 2 fully saturated rings. The van der Waals surface area contributed by atoms with Crippen LogP contribution in [-0.4, -0.2) is 64.3 Å². The summed E-state index contributed by atoms with van der Waals surface area (Å²) in [5.74, 6) is 0.819. The lowest BCUT2D eigenvalue weighted by atomic mass is 10.1.